The second kappa shape index (κ2) is 37.0. The predicted octanol–water partition coefficient (Wildman–Crippen LogP) is 12.6. The van der Waals surface area contributed by atoms with Gasteiger partial charge in [-0.25, -0.2) is 26.5 Å². The van der Waals surface area contributed by atoms with Crippen molar-refractivity contribution in [3.8, 4) is 10.4 Å². The van der Waals surface area contributed by atoms with E-state index in [4.69, 9.17) is 16.3 Å². The Balaban J connectivity index is 0.584. The first-order valence-corrected chi connectivity index (χ1v) is 44.9. The van der Waals surface area contributed by atoms with E-state index < -0.39 is 82.3 Å². The topological polar surface area (TPSA) is 264 Å². The number of thioether (sulfide) groups is 1. The molecule has 5 fully saturated rings. The highest BCUT2D eigenvalue weighted by Crippen LogP contribution is 2.46. The number of aliphatic hydroxyl groups excluding tert-OH is 1. The number of aliphatic hydroxyl groups is 1. The number of aryl methyl sites for hydroxylation is 1. The number of nitrogens with zero attached hydrogens (tertiary/aromatic N) is 7. The number of sulfonamides is 1. The van der Waals surface area contributed by atoms with Crippen molar-refractivity contribution in [3.05, 3.63) is 160 Å². The molecule has 4 saturated heterocycles. The third-order valence-corrected chi connectivity index (χ3v) is 28.5. The highest BCUT2D eigenvalue weighted by atomic mass is 35.5. The molecule has 1 saturated carbocycles. The van der Waals surface area contributed by atoms with Crippen LogP contribution in [0.3, 0.4) is 0 Å². The van der Waals surface area contributed by atoms with Crippen LogP contribution in [-0.2, 0) is 43.8 Å². The van der Waals surface area contributed by atoms with E-state index in [0.717, 1.165) is 134 Å². The summed E-state index contributed by atoms with van der Waals surface area (Å²) in [4.78, 5) is 86.0. The summed E-state index contributed by atoms with van der Waals surface area (Å²) in [5, 5.41) is 20.5. The van der Waals surface area contributed by atoms with Gasteiger partial charge in [-0.15, -0.1) is 23.1 Å². The third-order valence-electron chi connectivity index (χ3n) is 23.2. The van der Waals surface area contributed by atoms with Crippen molar-refractivity contribution in [2.75, 3.05) is 114 Å². The zero-order valence-corrected chi connectivity index (χ0v) is 69.8. The summed E-state index contributed by atoms with van der Waals surface area (Å²) in [6.45, 7) is 21.4. The molecule has 1 spiro atoms. The first-order valence-electron chi connectivity index (χ1n) is 39.7. The number of carbonyl (C=O) groups is 5. The summed E-state index contributed by atoms with van der Waals surface area (Å²) in [5.74, 6) is -1.63. The number of alkyl halides is 3. The van der Waals surface area contributed by atoms with Crippen LogP contribution in [0.2, 0.25) is 5.02 Å². The van der Waals surface area contributed by atoms with Gasteiger partial charge in [-0.1, -0.05) is 112 Å². The van der Waals surface area contributed by atoms with Crippen LogP contribution in [0.15, 0.2) is 147 Å². The van der Waals surface area contributed by atoms with E-state index in [1.165, 1.54) is 39.9 Å². The van der Waals surface area contributed by atoms with Gasteiger partial charge in [0.05, 0.1) is 52.0 Å². The van der Waals surface area contributed by atoms with Crippen molar-refractivity contribution in [2.24, 2.45) is 10.8 Å². The van der Waals surface area contributed by atoms with Gasteiger partial charge in [-0.05, 0) is 165 Å². The first kappa shape index (κ1) is 85.9. The summed E-state index contributed by atoms with van der Waals surface area (Å²) in [7, 11) is -11.0. The summed E-state index contributed by atoms with van der Waals surface area (Å²) < 4.78 is 106. The van der Waals surface area contributed by atoms with Crippen molar-refractivity contribution in [1.29, 1.82) is 0 Å². The summed E-state index contributed by atoms with van der Waals surface area (Å²) >= 11 is 9.42. The van der Waals surface area contributed by atoms with E-state index in [2.05, 4.69) is 59.6 Å². The number of ether oxygens (including phenoxy) is 1. The lowest BCUT2D eigenvalue weighted by molar-refractivity contribution is -0.144. The SMILES string of the molecule is Cc1ncsc1-c1ccc([C@H](C)NC(=O)[C@@H]2C[C@@H](O)CN2C(=O)[C@@H](NC(=O)CCCCCCC(=O)N2CCN(C[C@]3(C)CCC(c4ccc(Cl)cc4)=C(CN4CCN(c5ccc(C(=O)NS(=O)(=O)c6ccc(N[C@H](CCN7CCOCC78CC8)CSc7ccccc7)c(S(=O)(=O)C(F)(F)F)c6)cc5)CC4)C3)CC2)C(C)(C)C)cc1. The minimum atomic E-state index is -6.12. The van der Waals surface area contributed by atoms with E-state index in [9.17, 15) is 59.1 Å². The van der Waals surface area contributed by atoms with Crippen LogP contribution >= 0.6 is 34.7 Å². The number of sulfone groups is 1. The van der Waals surface area contributed by atoms with Gasteiger partial charge in [0.25, 0.3) is 25.8 Å². The highest BCUT2D eigenvalue weighted by molar-refractivity contribution is 7.99. The minimum absolute atomic E-state index is 0.0208. The number of likely N-dealkylation sites (tertiary alicyclic amines) is 1. The first-order chi connectivity index (χ1) is 54.2. The number of thiazole rings is 1. The molecule has 616 valence electrons. The molecule has 6 aliphatic rings. The molecular formula is C84H107ClF3N11O11S4. The smallest absolute Gasteiger partial charge is 0.391 e. The standard InChI is InChI=1S/C84H107ClF3N11O11S4/c1-57(59-18-20-61(21-19-59)76-58(2)89-56-112-76)90-79(104)72-48-67(100)52-99(72)80(105)77(81(3,4)5)92-74(101)16-12-7-8-13-17-75(102)97-44-40-95(41-45-97)54-82(6)34-32-70(60-22-26-64(85)27-23-60)63(50-82)51-94-38-42-96(43-39-94)66-28-24-62(25-29-66)78(103)93-114(108,109)69-30-31-71(73(49-69)113(106,107)84(86,87)88)91-65(53-111-68-14-10-9-11-15-68)33-37-98-46-47-110-55-83(98)35-36-83/h9-11,14-15,18-31,49,56-57,65,67,72,77,91,100H,7-8,12-13,16-17,32-48,50-55H2,1-6H3,(H,90,104)(H,92,101)(H,93,103)/t57-,65+,67+,72-,77+,82+/m0/s1. The third kappa shape index (κ3) is 21.7. The molecule has 5 heterocycles. The van der Waals surface area contributed by atoms with Gasteiger partial charge < -0.3 is 40.5 Å². The van der Waals surface area contributed by atoms with Crippen LogP contribution in [0, 0.1) is 17.8 Å². The van der Waals surface area contributed by atoms with E-state index >= 15 is 0 Å². The largest absolute Gasteiger partial charge is 0.501 e. The Labute approximate surface area is 681 Å². The van der Waals surface area contributed by atoms with Crippen molar-refractivity contribution in [1.82, 2.24) is 44.8 Å². The van der Waals surface area contributed by atoms with E-state index in [1.807, 2.05) is 116 Å². The van der Waals surface area contributed by atoms with Gasteiger partial charge in [0.2, 0.25) is 23.6 Å². The molecule has 2 aliphatic carbocycles. The van der Waals surface area contributed by atoms with E-state index in [1.54, 1.807) is 23.5 Å². The summed E-state index contributed by atoms with van der Waals surface area (Å²) in [6, 6.07) is 31.5. The van der Waals surface area contributed by atoms with Gasteiger partial charge in [0.15, 0.2) is 0 Å². The van der Waals surface area contributed by atoms with Crippen LogP contribution in [0.4, 0.5) is 24.5 Å². The fraction of sp³-hybridized carbons (Fsp3) is 0.524. The minimum Gasteiger partial charge on any atom is -0.391 e. The number of hydrogen-bond acceptors (Lipinski definition) is 19. The van der Waals surface area contributed by atoms with Gasteiger partial charge in [-0.3, -0.25) is 38.7 Å². The molecule has 12 rings (SSSR count). The van der Waals surface area contributed by atoms with E-state index in [-0.39, 0.29) is 59.7 Å². The number of unbranched alkanes of at least 4 members (excludes halogenated alkanes) is 3. The molecule has 4 aliphatic heterocycles. The number of nitrogens with one attached hydrogen (secondary N) is 4. The summed E-state index contributed by atoms with van der Waals surface area (Å²) in [5.41, 5.74) is 2.31. The fourth-order valence-corrected chi connectivity index (χ4v) is 20.4. The monoisotopic (exact) mass is 1670 g/mol. The van der Waals surface area contributed by atoms with Crippen molar-refractivity contribution in [3.63, 3.8) is 0 Å². The predicted molar refractivity (Wildman–Crippen MR) is 440 cm³/mol. The number of piperazine rings is 2. The maximum Gasteiger partial charge on any atom is 0.501 e. The molecular weight excluding hydrogens is 1560 g/mol. The second-order valence-electron chi connectivity index (χ2n) is 32.9. The Bertz CT molecular complexity index is 4630. The Hall–Kier alpha value is -7.45. The average Bonchev–Trinajstić information content (AvgIpc) is 1.55. The number of morpholine rings is 1. The number of hydrogen-bond donors (Lipinski definition) is 5. The van der Waals surface area contributed by atoms with Crippen LogP contribution < -0.4 is 25.6 Å². The highest BCUT2D eigenvalue weighted by Gasteiger charge is 2.51. The van der Waals surface area contributed by atoms with Crippen LogP contribution in [0.25, 0.3) is 16.0 Å². The Morgan fingerprint density at radius 1 is 0.789 bits per heavy atom. The number of carbonyl (C=O) groups excluding carboxylic acids is 5. The quantitative estimate of drug-likeness (QED) is 0.0200. The number of benzene rings is 5. The number of aromatic nitrogens is 1. The molecule has 5 aromatic carbocycles. The molecule has 0 unspecified atom stereocenters. The molecule has 0 radical (unpaired) electrons. The molecule has 22 nitrogen and oxygen atoms in total. The number of β-amino-alcohol motifs (C(OH)–C–C–N with tert-alkyl or cyclic N) is 1. The lowest BCUT2D eigenvalue weighted by Gasteiger charge is -2.44. The van der Waals surface area contributed by atoms with Crippen molar-refractivity contribution in [2.45, 2.75) is 181 Å². The molecule has 5 amide bonds. The zero-order valence-electron chi connectivity index (χ0n) is 65.8. The molecule has 5 N–H and O–H groups in total. The molecule has 6 atom stereocenters. The Kier molecular flexibility index (Phi) is 27.9. The molecule has 1 aromatic heterocycles. The molecule has 0 bridgehead atoms. The van der Waals surface area contributed by atoms with Gasteiger partial charge in [0, 0.05) is 143 Å². The molecule has 30 heteroatoms. The van der Waals surface area contributed by atoms with Crippen molar-refractivity contribution < 1.29 is 63.8 Å². The van der Waals surface area contributed by atoms with Crippen LogP contribution in [0.5, 0.6) is 0 Å². The zero-order chi connectivity index (χ0) is 81.3. The van der Waals surface area contributed by atoms with Gasteiger partial charge in [-0.2, -0.15) is 13.2 Å². The number of rotatable bonds is 31. The second-order valence-corrected chi connectivity index (χ2v) is 38.9. The molecule has 6 aromatic rings. The number of halogens is 4. The maximum absolute atomic E-state index is 14.5. The lowest BCUT2D eigenvalue weighted by atomic mass is 9.71. The number of anilines is 2. The lowest BCUT2D eigenvalue weighted by Crippen LogP contribution is -2.57. The summed E-state index contributed by atoms with van der Waals surface area (Å²) in [6.07, 6.45) is 7.72. The normalized spacial score (nSPS) is 20.8. The van der Waals surface area contributed by atoms with Gasteiger partial charge in [0.1, 0.15) is 17.0 Å². The number of allylic oxidation sites excluding steroid dienone is 1. The fourth-order valence-electron chi connectivity index (χ4n) is 16.4. The molecule has 114 heavy (non-hydrogen) atoms. The Morgan fingerprint density at radius 3 is 2.12 bits per heavy atom. The van der Waals surface area contributed by atoms with Crippen molar-refractivity contribution >= 4 is 101 Å². The van der Waals surface area contributed by atoms with Gasteiger partial charge >= 0.3 is 5.51 Å². The maximum atomic E-state index is 14.5. The van der Waals surface area contributed by atoms with E-state index in [0.29, 0.717) is 95.0 Å². The van der Waals surface area contributed by atoms with Crippen LogP contribution in [-0.4, -0.2) is 220 Å². The number of amides is 5. The van der Waals surface area contributed by atoms with Crippen LogP contribution in [0.1, 0.15) is 151 Å². The Morgan fingerprint density at radius 2 is 1.46 bits per heavy atom. The average molecular weight is 1670 g/mol.